The highest BCUT2D eigenvalue weighted by atomic mass is 35.5. The Morgan fingerprint density at radius 3 is 2.96 bits per heavy atom. The Hall–Kier alpha value is -1.98. The third-order valence-electron chi connectivity index (χ3n) is 4.36. The predicted molar refractivity (Wildman–Crippen MR) is 94.0 cm³/mol. The fraction of sp³-hybridized carbons (Fsp3) is 0.389. The van der Waals surface area contributed by atoms with Crippen molar-refractivity contribution in [3.8, 4) is 0 Å². The van der Waals surface area contributed by atoms with Gasteiger partial charge in [0.2, 0.25) is 5.91 Å². The zero-order chi connectivity index (χ0) is 16.9. The maximum Gasteiger partial charge on any atom is 0.225 e. The van der Waals surface area contributed by atoms with Gasteiger partial charge in [0.05, 0.1) is 5.92 Å². The van der Waals surface area contributed by atoms with Crippen LogP contribution in [0.25, 0.3) is 0 Å². The number of hydrogen-bond donors (Lipinski definition) is 2. The number of nitrogens with one attached hydrogen (secondary N) is 2. The minimum Gasteiger partial charge on any atom is -0.355 e. The third kappa shape index (κ3) is 4.10. The number of carbonyl (C=O) groups excluding carboxylic acids is 1. The zero-order valence-corrected chi connectivity index (χ0v) is 14.4. The van der Waals surface area contributed by atoms with Gasteiger partial charge in [-0.25, -0.2) is 4.98 Å². The monoisotopic (exact) mass is 344 g/mol. The van der Waals surface area contributed by atoms with Crippen LogP contribution in [0.3, 0.4) is 0 Å². The van der Waals surface area contributed by atoms with Crippen LogP contribution in [-0.4, -0.2) is 35.5 Å². The molecule has 1 amide bonds. The highest BCUT2D eigenvalue weighted by Crippen LogP contribution is 2.28. The van der Waals surface area contributed by atoms with E-state index < -0.39 is 0 Å². The van der Waals surface area contributed by atoms with E-state index in [2.05, 4.69) is 20.6 Å². The molecule has 0 aliphatic carbocycles. The number of aromatic nitrogens is 2. The molecule has 126 valence electrons. The lowest BCUT2D eigenvalue weighted by Gasteiger charge is -2.18. The summed E-state index contributed by atoms with van der Waals surface area (Å²) in [5.41, 5.74) is 3.04. The van der Waals surface area contributed by atoms with E-state index in [1.807, 2.05) is 31.2 Å². The average molecular weight is 345 g/mol. The van der Waals surface area contributed by atoms with E-state index in [1.165, 1.54) is 0 Å². The number of halogens is 1. The van der Waals surface area contributed by atoms with Crippen LogP contribution in [0.15, 0.2) is 36.5 Å². The molecule has 3 heterocycles. The van der Waals surface area contributed by atoms with Gasteiger partial charge >= 0.3 is 0 Å². The largest absolute Gasteiger partial charge is 0.355 e. The Labute approximate surface area is 146 Å². The molecule has 0 radical (unpaired) electrons. The molecule has 1 saturated heterocycles. The summed E-state index contributed by atoms with van der Waals surface area (Å²) < 4.78 is 0. The Morgan fingerprint density at radius 1 is 1.33 bits per heavy atom. The van der Waals surface area contributed by atoms with E-state index in [1.54, 1.807) is 12.3 Å². The van der Waals surface area contributed by atoms with Crippen LogP contribution in [0.5, 0.6) is 0 Å². The molecule has 2 atom stereocenters. The van der Waals surface area contributed by atoms with Crippen molar-refractivity contribution in [1.29, 1.82) is 0 Å². The van der Waals surface area contributed by atoms with Crippen LogP contribution < -0.4 is 10.6 Å². The van der Waals surface area contributed by atoms with Gasteiger partial charge in [0.25, 0.3) is 0 Å². The van der Waals surface area contributed by atoms with E-state index in [0.717, 1.165) is 29.9 Å². The predicted octanol–water partition coefficient (Wildman–Crippen LogP) is 2.10. The van der Waals surface area contributed by atoms with Crippen LogP contribution in [0, 0.1) is 12.8 Å². The molecule has 1 aliphatic heterocycles. The third-order valence-corrected chi connectivity index (χ3v) is 4.58. The first-order valence-electron chi connectivity index (χ1n) is 8.16. The standard InChI is InChI=1S/C18H21ClN4O/c1-12-3-2-4-14(23-12)7-8-21-18(24)16-11-20-10-15(16)13-5-6-17(19)22-9-13/h2-6,9,15-16,20H,7-8,10-11H2,1H3,(H,21,24)/t15-,16+/m0/s1. The van der Waals surface area contributed by atoms with Gasteiger partial charge in [-0.3, -0.25) is 9.78 Å². The minimum atomic E-state index is -0.0848. The molecule has 0 unspecified atom stereocenters. The van der Waals surface area contributed by atoms with Gasteiger partial charge in [-0.2, -0.15) is 0 Å². The van der Waals surface area contributed by atoms with Crippen molar-refractivity contribution < 1.29 is 4.79 Å². The molecule has 1 fully saturated rings. The number of nitrogens with zero attached hydrogens (tertiary/aromatic N) is 2. The first kappa shape index (κ1) is 16.9. The molecule has 2 N–H and O–H groups in total. The first-order chi connectivity index (χ1) is 11.6. The fourth-order valence-corrected chi connectivity index (χ4v) is 3.21. The number of pyridine rings is 2. The number of amides is 1. The molecular weight excluding hydrogens is 324 g/mol. The van der Waals surface area contributed by atoms with E-state index in [9.17, 15) is 4.79 Å². The molecular formula is C18H21ClN4O. The summed E-state index contributed by atoms with van der Waals surface area (Å²) in [4.78, 5) is 21.1. The number of carbonyl (C=O) groups is 1. The van der Waals surface area contributed by atoms with Crippen LogP contribution in [-0.2, 0) is 11.2 Å². The van der Waals surface area contributed by atoms with Gasteiger partial charge in [0, 0.05) is 49.6 Å². The molecule has 0 spiro atoms. The lowest BCUT2D eigenvalue weighted by molar-refractivity contribution is -0.124. The number of rotatable bonds is 5. The molecule has 6 heteroatoms. The SMILES string of the molecule is Cc1cccc(CCNC(=O)[C@@H]2CNC[C@H]2c2ccc(Cl)nc2)n1. The van der Waals surface area contributed by atoms with Gasteiger partial charge in [-0.15, -0.1) is 0 Å². The van der Waals surface area contributed by atoms with E-state index in [-0.39, 0.29) is 17.7 Å². The highest BCUT2D eigenvalue weighted by Gasteiger charge is 2.33. The second-order valence-corrected chi connectivity index (χ2v) is 6.48. The molecule has 5 nitrogen and oxygen atoms in total. The molecule has 2 aromatic rings. The maximum absolute atomic E-state index is 12.5. The van der Waals surface area contributed by atoms with Crippen molar-refractivity contribution >= 4 is 17.5 Å². The Balaban J connectivity index is 1.56. The minimum absolute atomic E-state index is 0.0765. The van der Waals surface area contributed by atoms with E-state index in [4.69, 9.17) is 11.6 Å². The molecule has 0 aromatic carbocycles. The summed E-state index contributed by atoms with van der Waals surface area (Å²) in [5, 5.41) is 6.81. The quantitative estimate of drug-likeness (QED) is 0.815. The zero-order valence-electron chi connectivity index (χ0n) is 13.6. The second kappa shape index (κ2) is 7.73. The van der Waals surface area contributed by atoms with Gasteiger partial charge < -0.3 is 10.6 Å². The van der Waals surface area contributed by atoms with Crippen LogP contribution >= 0.6 is 11.6 Å². The summed E-state index contributed by atoms with van der Waals surface area (Å²) in [6, 6.07) is 9.66. The normalized spacial score (nSPS) is 20.1. The van der Waals surface area contributed by atoms with Crippen molar-refractivity contribution in [3.05, 3.63) is 58.6 Å². The van der Waals surface area contributed by atoms with E-state index in [0.29, 0.717) is 18.2 Å². The van der Waals surface area contributed by atoms with Crippen LogP contribution in [0.1, 0.15) is 22.9 Å². The molecule has 2 aromatic heterocycles. The van der Waals surface area contributed by atoms with Crippen molar-refractivity contribution in [3.63, 3.8) is 0 Å². The van der Waals surface area contributed by atoms with Gasteiger partial charge in [-0.1, -0.05) is 23.7 Å². The molecule has 3 rings (SSSR count). The Morgan fingerprint density at radius 2 is 2.21 bits per heavy atom. The molecule has 0 bridgehead atoms. The summed E-state index contributed by atoms with van der Waals surface area (Å²) in [6.07, 6.45) is 2.50. The molecule has 1 aliphatic rings. The number of aryl methyl sites for hydroxylation is 1. The summed E-state index contributed by atoms with van der Waals surface area (Å²) in [5.74, 6) is 0.123. The maximum atomic E-state index is 12.5. The van der Waals surface area contributed by atoms with Crippen molar-refractivity contribution in [2.45, 2.75) is 19.3 Å². The van der Waals surface area contributed by atoms with Gasteiger partial charge in [0.15, 0.2) is 0 Å². The topological polar surface area (TPSA) is 66.9 Å². The van der Waals surface area contributed by atoms with Crippen molar-refractivity contribution in [1.82, 2.24) is 20.6 Å². The second-order valence-electron chi connectivity index (χ2n) is 6.10. The summed E-state index contributed by atoms with van der Waals surface area (Å²) in [7, 11) is 0. The lowest BCUT2D eigenvalue weighted by Crippen LogP contribution is -2.35. The summed E-state index contributed by atoms with van der Waals surface area (Å²) >= 11 is 5.84. The van der Waals surface area contributed by atoms with Crippen molar-refractivity contribution in [2.24, 2.45) is 5.92 Å². The average Bonchev–Trinajstić information content (AvgIpc) is 3.05. The van der Waals surface area contributed by atoms with Crippen LogP contribution in [0.4, 0.5) is 0 Å². The molecule has 24 heavy (non-hydrogen) atoms. The van der Waals surface area contributed by atoms with E-state index >= 15 is 0 Å². The first-order valence-corrected chi connectivity index (χ1v) is 8.53. The van der Waals surface area contributed by atoms with Crippen LogP contribution in [0.2, 0.25) is 5.15 Å². The Bertz CT molecular complexity index is 704. The van der Waals surface area contributed by atoms with Gasteiger partial charge in [-0.05, 0) is 30.7 Å². The summed E-state index contributed by atoms with van der Waals surface area (Å²) in [6.45, 7) is 4.02. The van der Waals surface area contributed by atoms with Gasteiger partial charge in [0.1, 0.15) is 5.15 Å². The number of hydrogen-bond acceptors (Lipinski definition) is 4. The Kier molecular flexibility index (Phi) is 5.43. The highest BCUT2D eigenvalue weighted by molar-refractivity contribution is 6.29. The smallest absolute Gasteiger partial charge is 0.225 e. The molecule has 0 saturated carbocycles. The lowest BCUT2D eigenvalue weighted by atomic mass is 9.89. The fourth-order valence-electron chi connectivity index (χ4n) is 3.09. The van der Waals surface area contributed by atoms with Crippen molar-refractivity contribution in [2.75, 3.05) is 19.6 Å².